The number of ether oxygens (including phenoxy) is 2. The Hall–Kier alpha value is -2.19. The molecule has 0 atom stereocenters. The van der Waals surface area contributed by atoms with Crippen molar-refractivity contribution in [3.8, 4) is 5.75 Å². The summed E-state index contributed by atoms with van der Waals surface area (Å²) >= 11 is 5.08. The molecule has 27 heavy (non-hydrogen) atoms. The Bertz CT molecular complexity index is 648. The van der Waals surface area contributed by atoms with Gasteiger partial charge in [-0.25, -0.2) is 0 Å². The second kappa shape index (κ2) is 11.5. The van der Waals surface area contributed by atoms with Crippen molar-refractivity contribution in [2.24, 2.45) is 5.92 Å². The lowest BCUT2D eigenvalue weighted by Gasteiger charge is -2.21. The predicted octanol–water partition coefficient (Wildman–Crippen LogP) is 2.32. The standard InChI is InChI=1S/C19H27N3O4S/c1-2-25-11-12-26-16-10-6-9-15(13-16)17(23)20-19(27)22-21-18(24)14-7-4-3-5-8-14/h6,9-10,13-14H,2-5,7-8,11-12H2,1H3,(H,21,24)(H2,20,22,23,27). The number of amides is 2. The quantitative estimate of drug-likeness (QED) is 0.374. The Labute approximate surface area is 165 Å². The monoisotopic (exact) mass is 393 g/mol. The smallest absolute Gasteiger partial charge is 0.257 e. The van der Waals surface area contributed by atoms with Crippen molar-refractivity contribution in [2.75, 3.05) is 19.8 Å². The number of benzene rings is 1. The van der Waals surface area contributed by atoms with Crippen LogP contribution in [0.4, 0.5) is 0 Å². The average Bonchev–Trinajstić information content (AvgIpc) is 2.70. The Morgan fingerprint density at radius 3 is 2.67 bits per heavy atom. The zero-order chi connectivity index (χ0) is 19.5. The van der Waals surface area contributed by atoms with E-state index >= 15 is 0 Å². The summed E-state index contributed by atoms with van der Waals surface area (Å²) in [5.41, 5.74) is 5.58. The molecule has 0 heterocycles. The van der Waals surface area contributed by atoms with E-state index in [0.29, 0.717) is 31.1 Å². The van der Waals surface area contributed by atoms with Gasteiger partial charge in [0, 0.05) is 18.1 Å². The van der Waals surface area contributed by atoms with Gasteiger partial charge in [0.05, 0.1) is 6.61 Å². The lowest BCUT2D eigenvalue weighted by molar-refractivity contribution is -0.126. The molecule has 0 spiro atoms. The van der Waals surface area contributed by atoms with E-state index in [-0.39, 0.29) is 22.8 Å². The van der Waals surface area contributed by atoms with Crippen LogP contribution in [0.25, 0.3) is 0 Å². The molecular weight excluding hydrogens is 366 g/mol. The summed E-state index contributed by atoms with van der Waals surface area (Å²) in [5, 5.41) is 2.59. The second-order valence-corrected chi connectivity index (χ2v) is 6.71. The van der Waals surface area contributed by atoms with E-state index in [4.69, 9.17) is 21.7 Å². The fraction of sp³-hybridized carbons (Fsp3) is 0.526. The number of carbonyl (C=O) groups is 2. The maximum Gasteiger partial charge on any atom is 0.257 e. The molecule has 2 amide bonds. The Morgan fingerprint density at radius 2 is 1.93 bits per heavy atom. The minimum absolute atomic E-state index is 0.00951. The Morgan fingerprint density at radius 1 is 1.15 bits per heavy atom. The summed E-state index contributed by atoms with van der Waals surface area (Å²) in [4.78, 5) is 24.4. The maximum absolute atomic E-state index is 12.3. The van der Waals surface area contributed by atoms with Crippen LogP contribution in [0.2, 0.25) is 0 Å². The number of rotatable bonds is 7. The lowest BCUT2D eigenvalue weighted by Crippen LogP contribution is -2.50. The van der Waals surface area contributed by atoms with Gasteiger partial charge in [0.25, 0.3) is 5.91 Å². The largest absolute Gasteiger partial charge is 0.491 e. The molecule has 1 aromatic carbocycles. The van der Waals surface area contributed by atoms with E-state index in [1.165, 1.54) is 6.42 Å². The molecule has 0 bridgehead atoms. The van der Waals surface area contributed by atoms with Crippen molar-refractivity contribution in [2.45, 2.75) is 39.0 Å². The van der Waals surface area contributed by atoms with Gasteiger partial charge in [-0.3, -0.25) is 25.8 Å². The van der Waals surface area contributed by atoms with Gasteiger partial charge >= 0.3 is 0 Å². The Kier molecular flexibility index (Phi) is 9.00. The average molecular weight is 394 g/mol. The van der Waals surface area contributed by atoms with Crippen molar-refractivity contribution in [3.63, 3.8) is 0 Å². The summed E-state index contributed by atoms with van der Waals surface area (Å²) in [6.45, 7) is 3.45. The third kappa shape index (κ3) is 7.52. The molecule has 0 aromatic heterocycles. The minimum Gasteiger partial charge on any atom is -0.491 e. The van der Waals surface area contributed by atoms with Crippen molar-refractivity contribution in [3.05, 3.63) is 29.8 Å². The molecule has 1 saturated carbocycles. The fourth-order valence-electron chi connectivity index (χ4n) is 2.88. The van der Waals surface area contributed by atoms with Gasteiger partial charge < -0.3 is 9.47 Å². The van der Waals surface area contributed by atoms with Gasteiger partial charge in [-0.2, -0.15) is 0 Å². The van der Waals surface area contributed by atoms with Crippen LogP contribution in [-0.2, 0) is 9.53 Å². The number of hydrogen-bond acceptors (Lipinski definition) is 5. The highest BCUT2D eigenvalue weighted by atomic mass is 32.1. The summed E-state index contributed by atoms with van der Waals surface area (Å²) in [6.07, 6.45) is 5.11. The molecule has 1 aliphatic rings. The molecular formula is C19H27N3O4S. The van der Waals surface area contributed by atoms with Crippen molar-refractivity contribution < 1.29 is 19.1 Å². The third-order valence-corrected chi connectivity index (χ3v) is 4.50. The van der Waals surface area contributed by atoms with Gasteiger partial charge in [0.2, 0.25) is 5.91 Å². The Balaban J connectivity index is 1.76. The molecule has 0 aliphatic heterocycles. The van der Waals surface area contributed by atoms with Crippen LogP contribution >= 0.6 is 12.2 Å². The van der Waals surface area contributed by atoms with Crippen molar-refractivity contribution >= 4 is 29.1 Å². The zero-order valence-corrected chi connectivity index (χ0v) is 16.4. The number of hydrazine groups is 1. The van der Waals surface area contributed by atoms with Crippen LogP contribution in [0.1, 0.15) is 49.4 Å². The maximum atomic E-state index is 12.3. The molecule has 0 unspecified atom stereocenters. The van der Waals surface area contributed by atoms with Gasteiger partial charge in [-0.05, 0) is 50.2 Å². The zero-order valence-electron chi connectivity index (χ0n) is 15.6. The normalized spacial score (nSPS) is 14.3. The van der Waals surface area contributed by atoms with Crippen LogP contribution in [0.3, 0.4) is 0 Å². The molecule has 7 nitrogen and oxygen atoms in total. The van der Waals surface area contributed by atoms with E-state index < -0.39 is 0 Å². The molecule has 2 rings (SSSR count). The van der Waals surface area contributed by atoms with E-state index in [1.54, 1.807) is 24.3 Å². The lowest BCUT2D eigenvalue weighted by atomic mass is 9.89. The highest BCUT2D eigenvalue weighted by Crippen LogP contribution is 2.23. The second-order valence-electron chi connectivity index (χ2n) is 6.31. The molecule has 1 fully saturated rings. The summed E-state index contributed by atoms with van der Waals surface area (Å²) in [5.74, 6) is 0.118. The van der Waals surface area contributed by atoms with Crippen LogP contribution < -0.4 is 20.9 Å². The predicted molar refractivity (Wildman–Crippen MR) is 106 cm³/mol. The van der Waals surface area contributed by atoms with Gasteiger partial charge in [-0.1, -0.05) is 25.3 Å². The first-order chi connectivity index (χ1) is 13.1. The number of thiocarbonyl (C=S) groups is 1. The van der Waals surface area contributed by atoms with E-state index in [9.17, 15) is 9.59 Å². The first-order valence-corrected chi connectivity index (χ1v) is 9.72. The van der Waals surface area contributed by atoms with E-state index in [2.05, 4.69) is 16.2 Å². The van der Waals surface area contributed by atoms with E-state index in [1.807, 2.05) is 6.92 Å². The van der Waals surface area contributed by atoms with Gasteiger partial charge in [0.15, 0.2) is 5.11 Å². The molecule has 0 saturated heterocycles. The van der Waals surface area contributed by atoms with Gasteiger partial charge in [0.1, 0.15) is 12.4 Å². The number of carbonyl (C=O) groups excluding carboxylic acids is 2. The summed E-state index contributed by atoms with van der Waals surface area (Å²) in [6, 6.07) is 6.79. The van der Waals surface area contributed by atoms with Crippen LogP contribution in [-0.4, -0.2) is 36.7 Å². The number of nitrogens with one attached hydrogen (secondary N) is 3. The first kappa shape index (κ1) is 21.1. The molecule has 3 N–H and O–H groups in total. The fourth-order valence-corrected chi connectivity index (χ4v) is 3.03. The number of hydrogen-bond donors (Lipinski definition) is 3. The molecule has 0 radical (unpaired) electrons. The van der Waals surface area contributed by atoms with Crippen molar-refractivity contribution in [1.82, 2.24) is 16.2 Å². The first-order valence-electron chi connectivity index (χ1n) is 9.32. The molecule has 8 heteroatoms. The minimum atomic E-state index is -0.380. The summed E-state index contributed by atoms with van der Waals surface area (Å²) in [7, 11) is 0. The third-order valence-electron chi connectivity index (χ3n) is 4.30. The van der Waals surface area contributed by atoms with Crippen molar-refractivity contribution in [1.29, 1.82) is 0 Å². The SMILES string of the molecule is CCOCCOc1cccc(C(=O)NC(=S)NNC(=O)C2CCCCC2)c1. The highest BCUT2D eigenvalue weighted by molar-refractivity contribution is 7.80. The summed E-state index contributed by atoms with van der Waals surface area (Å²) < 4.78 is 10.8. The highest BCUT2D eigenvalue weighted by Gasteiger charge is 2.21. The topological polar surface area (TPSA) is 88.7 Å². The van der Waals surface area contributed by atoms with Crippen LogP contribution in [0, 0.1) is 5.92 Å². The molecule has 1 aliphatic carbocycles. The molecule has 1 aromatic rings. The van der Waals surface area contributed by atoms with E-state index in [0.717, 1.165) is 25.7 Å². The molecule has 148 valence electrons. The van der Waals surface area contributed by atoms with Gasteiger partial charge in [-0.15, -0.1) is 0 Å². The van der Waals surface area contributed by atoms with Crippen LogP contribution in [0.15, 0.2) is 24.3 Å². The van der Waals surface area contributed by atoms with Crippen LogP contribution in [0.5, 0.6) is 5.75 Å².